The quantitative estimate of drug-likeness (QED) is 0.782. The highest BCUT2D eigenvalue weighted by atomic mass is 32.2. The Morgan fingerprint density at radius 1 is 1.38 bits per heavy atom. The molecular formula is C15H16N4OS. The highest BCUT2D eigenvalue weighted by Gasteiger charge is 2.15. The Balaban J connectivity index is 1.95. The summed E-state index contributed by atoms with van der Waals surface area (Å²) in [5.74, 6) is -0.0715. The molecule has 1 amide bonds. The fourth-order valence-electron chi connectivity index (χ4n) is 2.23. The molecule has 0 bridgehead atoms. The maximum Gasteiger partial charge on any atom is 0.267 e. The van der Waals surface area contributed by atoms with Gasteiger partial charge in [-0.2, -0.15) is 5.10 Å². The summed E-state index contributed by atoms with van der Waals surface area (Å²) >= 11 is 1.65. The minimum absolute atomic E-state index is 0.0715. The van der Waals surface area contributed by atoms with Gasteiger partial charge in [-0.05, 0) is 31.2 Å². The normalized spacial score (nSPS) is 11.0. The predicted molar refractivity (Wildman–Crippen MR) is 83.8 cm³/mol. The van der Waals surface area contributed by atoms with Gasteiger partial charge in [0.15, 0.2) is 0 Å². The molecular weight excluding hydrogens is 284 g/mol. The first-order chi connectivity index (χ1) is 10.1. The average Bonchev–Trinajstić information content (AvgIpc) is 3.06. The standard InChI is InChI=1S/C15H16N4OS/c1-9-14(7-13(19(9)3)15(20)16-2)21-11-4-5-12-10(6-11)8-17-18-12/h4-8H,1-3H3,(H,16,20)(H,17,18). The number of carbonyl (C=O) groups is 1. The molecule has 3 aromatic rings. The zero-order valence-corrected chi connectivity index (χ0v) is 12.9. The van der Waals surface area contributed by atoms with Crippen LogP contribution in [0.2, 0.25) is 0 Å². The van der Waals surface area contributed by atoms with E-state index >= 15 is 0 Å². The van der Waals surface area contributed by atoms with E-state index in [1.807, 2.05) is 36.9 Å². The van der Waals surface area contributed by atoms with E-state index in [-0.39, 0.29) is 5.91 Å². The molecule has 0 aliphatic rings. The van der Waals surface area contributed by atoms with Crippen molar-refractivity contribution in [1.29, 1.82) is 0 Å². The summed E-state index contributed by atoms with van der Waals surface area (Å²) < 4.78 is 1.91. The predicted octanol–water partition coefficient (Wildman–Crippen LogP) is 2.72. The van der Waals surface area contributed by atoms with Gasteiger partial charge in [0.25, 0.3) is 5.91 Å². The van der Waals surface area contributed by atoms with Gasteiger partial charge in [0.1, 0.15) is 5.69 Å². The van der Waals surface area contributed by atoms with E-state index in [2.05, 4.69) is 27.6 Å². The van der Waals surface area contributed by atoms with Crippen LogP contribution in [0.3, 0.4) is 0 Å². The van der Waals surface area contributed by atoms with Crippen LogP contribution in [0, 0.1) is 6.92 Å². The summed E-state index contributed by atoms with van der Waals surface area (Å²) in [6, 6.07) is 8.09. The maximum atomic E-state index is 11.8. The lowest BCUT2D eigenvalue weighted by Crippen LogP contribution is -2.20. The van der Waals surface area contributed by atoms with Crippen LogP contribution < -0.4 is 5.32 Å². The molecule has 0 unspecified atom stereocenters. The molecule has 6 heteroatoms. The zero-order valence-electron chi connectivity index (χ0n) is 12.1. The second-order valence-corrected chi connectivity index (χ2v) is 5.95. The van der Waals surface area contributed by atoms with E-state index in [1.54, 1.807) is 18.8 Å². The molecule has 0 aliphatic carbocycles. The van der Waals surface area contributed by atoms with Crippen molar-refractivity contribution in [3.63, 3.8) is 0 Å². The van der Waals surface area contributed by atoms with Crippen molar-refractivity contribution in [2.75, 3.05) is 7.05 Å². The lowest BCUT2D eigenvalue weighted by atomic mass is 10.3. The Kier molecular flexibility index (Phi) is 3.47. The van der Waals surface area contributed by atoms with Crippen molar-refractivity contribution in [1.82, 2.24) is 20.1 Å². The molecule has 0 atom stereocenters. The molecule has 0 fully saturated rings. The highest BCUT2D eigenvalue weighted by molar-refractivity contribution is 7.99. The van der Waals surface area contributed by atoms with E-state index in [0.717, 1.165) is 26.4 Å². The number of nitrogens with one attached hydrogen (secondary N) is 2. The largest absolute Gasteiger partial charge is 0.354 e. The molecule has 21 heavy (non-hydrogen) atoms. The minimum atomic E-state index is -0.0715. The zero-order chi connectivity index (χ0) is 15.0. The van der Waals surface area contributed by atoms with Crippen LogP contribution in [0.4, 0.5) is 0 Å². The number of hydrogen-bond donors (Lipinski definition) is 2. The van der Waals surface area contributed by atoms with E-state index in [9.17, 15) is 4.79 Å². The van der Waals surface area contributed by atoms with Gasteiger partial charge in [-0.1, -0.05) is 11.8 Å². The van der Waals surface area contributed by atoms with Crippen LogP contribution in [0.1, 0.15) is 16.2 Å². The summed E-state index contributed by atoms with van der Waals surface area (Å²) in [7, 11) is 3.55. The van der Waals surface area contributed by atoms with Gasteiger partial charge in [0.05, 0.1) is 11.7 Å². The Bertz CT molecular complexity index is 818. The van der Waals surface area contributed by atoms with Gasteiger partial charge in [-0.3, -0.25) is 9.89 Å². The van der Waals surface area contributed by atoms with E-state index in [0.29, 0.717) is 5.69 Å². The first-order valence-corrected chi connectivity index (χ1v) is 7.41. The Morgan fingerprint density at radius 2 is 2.19 bits per heavy atom. The summed E-state index contributed by atoms with van der Waals surface area (Å²) in [4.78, 5) is 14.0. The number of amides is 1. The fourth-order valence-corrected chi connectivity index (χ4v) is 3.26. The number of H-pyrrole nitrogens is 1. The lowest BCUT2D eigenvalue weighted by Gasteiger charge is -2.04. The lowest BCUT2D eigenvalue weighted by molar-refractivity contribution is 0.0955. The number of nitrogens with zero attached hydrogens (tertiary/aromatic N) is 2. The molecule has 0 saturated heterocycles. The third-order valence-electron chi connectivity index (χ3n) is 3.59. The molecule has 0 radical (unpaired) electrons. The molecule has 1 aromatic carbocycles. The molecule has 2 heterocycles. The van der Waals surface area contributed by atoms with Crippen molar-refractivity contribution >= 4 is 28.6 Å². The summed E-state index contributed by atoms with van der Waals surface area (Å²) in [5, 5.41) is 10.7. The first kappa shape index (κ1) is 13.8. The second-order valence-electron chi connectivity index (χ2n) is 4.84. The number of aromatic amines is 1. The van der Waals surface area contributed by atoms with Crippen molar-refractivity contribution < 1.29 is 4.79 Å². The molecule has 2 N–H and O–H groups in total. The Labute approximate surface area is 126 Å². The highest BCUT2D eigenvalue weighted by Crippen LogP contribution is 2.33. The van der Waals surface area contributed by atoms with Crippen molar-refractivity contribution in [3.8, 4) is 0 Å². The van der Waals surface area contributed by atoms with Crippen molar-refractivity contribution in [2.45, 2.75) is 16.7 Å². The van der Waals surface area contributed by atoms with E-state index < -0.39 is 0 Å². The van der Waals surface area contributed by atoms with Crippen LogP contribution in [0.5, 0.6) is 0 Å². The topological polar surface area (TPSA) is 62.7 Å². The smallest absolute Gasteiger partial charge is 0.267 e. The number of rotatable bonds is 3. The van der Waals surface area contributed by atoms with Crippen LogP contribution in [-0.2, 0) is 7.05 Å². The summed E-state index contributed by atoms with van der Waals surface area (Å²) in [6.07, 6.45) is 1.81. The van der Waals surface area contributed by atoms with Gasteiger partial charge >= 0.3 is 0 Å². The number of aromatic nitrogens is 3. The first-order valence-electron chi connectivity index (χ1n) is 6.59. The Morgan fingerprint density at radius 3 is 2.95 bits per heavy atom. The second kappa shape index (κ2) is 5.29. The molecule has 5 nitrogen and oxygen atoms in total. The number of carbonyl (C=O) groups excluding carboxylic acids is 1. The van der Waals surface area contributed by atoms with Crippen LogP contribution in [0.25, 0.3) is 10.9 Å². The Hall–Kier alpha value is -2.21. The van der Waals surface area contributed by atoms with Crippen LogP contribution in [0.15, 0.2) is 40.3 Å². The molecule has 3 rings (SSSR count). The fraction of sp³-hybridized carbons (Fsp3) is 0.200. The molecule has 0 aliphatic heterocycles. The van der Waals surface area contributed by atoms with Gasteiger partial charge in [-0.15, -0.1) is 0 Å². The van der Waals surface area contributed by atoms with E-state index in [1.165, 1.54) is 0 Å². The molecule has 0 saturated carbocycles. The third-order valence-corrected chi connectivity index (χ3v) is 4.71. The number of fused-ring (bicyclic) bond motifs is 1. The van der Waals surface area contributed by atoms with Crippen molar-refractivity contribution in [3.05, 3.63) is 41.9 Å². The third kappa shape index (κ3) is 2.42. The van der Waals surface area contributed by atoms with Gasteiger partial charge in [-0.25, -0.2) is 0 Å². The summed E-state index contributed by atoms with van der Waals surface area (Å²) in [6.45, 7) is 2.02. The van der Waals surface area contributed by atoms with Crippen molar-refractivity contribution in [2.24, 2.45) is 7.05 Å². The maximum absolute atomic E-state index is 11.8. The molecule has 108 valence electrons. The summed E-state index contributed by atoms with van der Waals surface area (Å²) in [5.41, 5.74) is 2.77. The minimum Gasteiger partial charge on any atom is -0.354 e. The number of benzene rings is 1. The van der Waals surface area contributed by atoms with E-state index in [4.69, 9.17) is 0 Å². The number of hydrogen-bond acceptors (Lipinski definition) is 3. The molecule has 0 spiro atoms. The van der Waals surface area contributed by atoms with Crippen LogP contribution in [-0.4, -0.2) is 27.7 Å². The average molecular weight is 300 g/mol. The van der Waals surface area contributed by atoms with Gasteiger partial charge in [0.2, 0.25) is 0 Å². The monoisotopic (exact) mass is 300 g/mol. The SMILES string of the molecule is CNC(=O)c1cc(Sc2ccc3[nH]ncc3c2)c(C)n1C. The van der Waals surface area contributed by atoms with Gasteiger partial charge < -0.3 is 9.88 Å². The van der Waals surface area contributed by atoms with Crippen LogP contribution >= 0.6 is 11.8 Å². The van der Waals surface area contributed by atoms with Gasteiger partial charge in [0, 0.05) is 35.0 Å². The molecule has 2 aromatic heterocycles.